The normalized spacial score (nSPS) is 16.8. The molecular formula is C20H18F2N4. The summed E-state index contributed by atoms with van der Waals surface area (Å²) < 4.78 is 27.6. The highest BCUT2D eigenvalue weighted by atomic mass is 19.1. The van der Waals surface area contributed by atoms with Crippen molar-refractivity contribution in [2.45, 2.75) is 18.9 Å². The monoisotopic (exact) mass is 352 g/mol. The summed E-state index contributed by atoms with van der Waals surface area (Å²) in [6, 6.07) is 13.3. The molecule has 0 saturated carbocycles. The van der Waals surface area contributed by atoms with Gasteiger partial charge in [-0.3, -0.25) is 0 Å². The Hall–Kier alpha value is -2.86. The lowest BCUT2D eigenvalue weighted by Gasteiger charge is -2.19. The third-order valence-corrected chi connectivity index (χ3v) is 4.76. The highest BCUT2D eigenvalue weighted by molar-refractivity contribution is 5.62. The fourth-order valence-corrected chi connectivity index (χ4v) is 3.49. The second-order valence-corrected chi connectivity index (χ2v) is 6.44. The Bertz CT molecular complexity index is 941. The number of nitrogens with zero attached hydrogens (tertiary/aromatic N) is 2. The number of benzene rings is 2. The average Bonchev–Trinajstić information content (AvgIpc) is 2.84. The van der Waals surface area contributed by atoms with Crippen LogP contribution in [0.4, 0.5) is 14.6 Å². The topological polar surface area (TPSA) is 63.8 Å². The first-order chi connectivity index (χ1) is 12.6. The van der Waals surface area contributed by atoms with Crippen LogP contribution in [0.15, 0.2) is 48.5 Å². The Morgan fingerprint density at radius 2 is 1.81 bits per heavy atom. The molecular weight excluding hydrogens is 334 g/mol. The van der Waals surface area contributed by atoms with Gasteiger partial charge in [-0.1, -0.05) is 18.2 Å². The van der Waals surface area contributed by atoms with E-state index in [9.17, 15) is 8.78 Å². The summed E-state index contributed by atoms with van der Waals surface area (Å²) in [5.41, 5.74) is 9.91. The van der Waals surface area contributed by atoms with Gasteiger partial charge in [-0.15, -0.1) is 10.2 Å². The van der Waals surface area contributed by atoms with Gasteiger partial charge in [0.25, 0.3) is 0 Å². The van der Waals surface area contributed by atoms with Crippen LogP contribution in [0.1, 0.15) is 29.0 Å². The molecule has 1 aromatic heterocycles. The van der Waals surface area contributed by atoms with Crippen LogP contribution in [-0.2, 0) is 6.54 Å². The van der Waals surface area contributed by atoms with Crippen molar-refractivity contribution >= 4 is 5.82 Å². The Morgan fingerprint density at radius 3 is 2.58 bits per heavy atom. The zero-order valence-electron chi connectivity index (χ0n) is 14.0. The second-order valence-electron chi connectivity index (χ2n) is 6.44. The molecule has 0 fully saturated rings. The molecule has 26 heavy (non-hydrogen) atoms. The first-order valence-electron chi connectivity index (χ1n) is 8.50. The molecule has 0 bridgehead atoms. The molecule has 3 N–H and O–H groups in total. The van der Waals surface area contributed by atoms with Crippen molar-refractivity contribution in [3.8, 4) is 11.3 Å². The number of rotatable bonds is 2. The SMILES string of the molecule is Nc1ccc(-c2ccc3c(c2)CNCCC3c2ccc(F)cc2F)nn1. The number of hydrogen-bond donors (Lipinski definition) is 2. The molecule has 2 aromatic carbocycles. The van der Waals surface area contributed by atoms with Crippen molar-refractivity contribution in [3.63, 3.8) is 0 Å². The van der Waals surface area contributed by atoms with Crippen LogP contribution in [0, 0.1) is 11.6 Å². The third kappa shape index (κ3) is 3.15. The van der Waals surface area contributed by atoms with Crippen molar-refractivity contribution in [1.29, 1.82) is 0 Å². The molecule has 0 saturated heterocycles. The lowest BCUT2D eigenvalue weighted by molar-refractivity contribution is 0.555. The molecule has 0 aliphatic carbocycles. The van der Waals surface area contributed by atoms with Crippen molar-refractivity contribution in [2.75, 3.05) is 12.3 Å². The molecule has 132 valence electrons. The highest BCUT2D eigenvalue weighted by Crippen LogP contribution is 2.35. The van der Waals surface area contributed by atoms with Crippen molar-refractivity contribution in [1.82, 2.24) is 15.5 Å². The van der Waals surface area contributed by atoms with Gasteiger partial charge in [0.05, 0.1) is 5.69 Å². The van der Waals surface area contributed by atoms with Gasteiger partial charge in [-0.2, -0.15) is 0 Å². The van der Waals surface area contributed by atoms with E-state index in [0.717, 1.165) is 41.4 Å². The summed E-state index contributed by atoms with van der Waals surface area (Å²) in [6.07, 6.45) is 0.747. The Balaban J connectivity index is 1.76. The molecule has 0 amide bonds. The summed E-state index contributed by atoms with van der Waals surface area (Å²) in [6.45, 7) is 1.44. The summed E-state index contributed by atoms with van der Waals surface area (Å²) >= 11 is 0. The number of nitrogen functional groups attached to an aromatic ring is 1. The molecule has 2 heterocycles. The fourth-order valence-electron chi connectivity index (χ4n) is 3.49. The van der Waals surface area contributed by atoms with Gasteiger partial charge in [0.15, 0.2) is 0 Å². The van der Waals surface area contributed by atoms with E-state index in [2.05, 4.69) is 15.5 Å². The average molecular weight is 352 g/mol. The van der Waals surface area contributed by atoms with Gasteiger partial charge in [-0.05, 0) is 53.9 Å². The van der Waals surface area contributed by atoms with E-state index in [1.54, 1.807) is 12.1 Å². The second kappa shape index (κ2) is 6.80. The van der Waals surface area contributed by atoms with Crippen LogP contribution in [0.3, 0.4) is 0 Å². The molecule has 6 heteroatoms. The van der Waals surface area contributed by atoms with Crippen LogP contribution >= 0.6 is 0 Å². The number of halogens is 2. The molecule has 1 atom stereocenters. The van der Waals surface area contributed by atoms with E-state index in [1.165, 1.54) is 6.07 Å². The van der Waals surface area contributed by atoms with Crippen LogP contribution in [0.5, 0.6) is 0 Å². The lowest BCUT2D eigenvalue weighted by Crippen LogP contribution is -2.12. The van der Waals surface area contributed by atoms with Crippen LogP contribution in [0.25, 0.3) is 11.3 Å². The molecule has 3 aromatic rings. The summed E-state index contributed by atoms with van der Waals surface area (Å²) in [7, 11) is 0. The minimum Gasteiger partial charge on any atom is -0.382 e. The smallest absolute Gasteiger partial charge is 0.146 e. The van der Waals surface area contributed by atoms with Crippen LogP contribution < -0.4 is 11.1 Å². The standard InChI is InChI=1S/C20H18F2N4/c21-14-2-4-17(18(22)10-14)16-7-8-24-11-13-9-12(1-3-15(13)16)19-5-6-20(23)26-25-19/h1-6,9-10,16,24H,7-8,11H2,(H2,23,26). The first kappa shape index (κ1) is 16.6. The lowest BCUT2D eigenvalue weighted by atomic mass is 9.85. The van der Waals surface area contributed by atoms with Crippen LogP contribution in [0.2, 0.25) is 0 Å². The van der Waals surface area contributed by atoms with Gasteiger partial charge in [0.2, 0.25) is 0 Å². The van der Waals surface area contributed by atoms with E-state index >= 15 is 0 Å². The van der Waals surface area contributed by atoms with Crippen molar-refractivity contribution < 1.29 is 8.78 Å². The number of nitrogens with two attached hydrogens (primary N) is 1. The van der Waals surface area contributed by atoms with Crippen molar-refractivity contribution in [2.24, 2.45) is 0 Å². The number of anilines is 1. The largest absolute Gasteiger partial charge is 0.382 e. The Kier molecular flexibility index (Phi) is 4.34. The summed E-state index contributed by atoms with van der Waals surface area (Å²) in [5, 5.41) is 11.4. The quantitative estimate of drug-likeness (QED) is 0.739. The fraction of sp³-hybridized carbons (Fsp3) is 0.200. The minimum atomic E-state index is -0.560. The molecule has 1 aliphatic heterocycles. The van der Waals surface area contributed by atoms with Gasteiger partial charge in [-0.25, -0.2) is 8.78 Å². The molecule has 4 rings (SSSR count). The molecule has 0 spiro atoms. The van der Waals surface area contributed by atoms with E-state index in [4.69, 9.17) is 5.73 Å². The van der Waals surface area contributed by atoms with Gasteiger partial charge < -0.3 is 11.1 Å². The Labute approximate surface area is 150 Å². The third-order valence-electron chi connectivity index (χ3n) is 4.76. The number of hydrogen-bond acceptors (Lipinski definition) is 4. The van der Waals surface area contributed by atoms with Crippen molar-refractivity contribution in [3.05, 3.63) is 76.9 Å². The summed E-state index contributed by atoms with van der Waals surface area (Å²) in [5.74, 6) is -0.809. The maximum absolute atomic E-state index is 14.4. The van der Waals surface area contributed by atoms with E-state index in [-0.39, 0.29) is 5.92 Å². The molecule has 4 nitrogen and oxygen atoms in total. The predicted octanol–water partition coefficient (Wildman–Crippen LogP) is 3.63. The maximum atomic E-state index is 14.4. The van der Waals surface area contributed by atoms with E-state index in [0.29, 0.717) is 17.9 Å². The first-order valence-corrected chi connectivity index (χ1v) is 8.50. The zero-order valence-corrected chi connectivity index (χ0v) is 14.0. The van der Waals surface area contributed by atoms with Gasteiger partial charge >= 0.3 is 0 Å². The molecule has 0 radical (unpaired) electrons. The minimum absolute atomic E-state index is 0.118. The number of fused-ring (bicyclic) bond motifs is 1. The number of nitrogens with one attached hydrogen (secondary N) is 1. The van der Waals surface area contributed by atoms with Crippen LogP contribution in [-0.4, -0.2) is 16.7 Å². The Morgan fingerprint density at radius 1 is 0.962 bits per heavy atom. The van der Waals surface area contributed by atoms with E-state index in [1.807, 2.05) is 24.3 Å². The maximum Gasteiger partial charge on any atom is 0.146 e. The molecule has 1 aliphatic rings. The zero-order chi connectivity index (χ0) is 18.1. The molecule has 1 unspecified atom stereocenters. The van der Waals surface area contributed by atoms with Gasteiger partial charge in [0, 0.05) is 24.1 Å². The number of aromatic nitrogens is 2. The predicted molar refractivity (Wildman–Crippen MR) is 96.4 cm³/mol. The van der Waals surface area contributed by atoms with E-state index < -0.39 is 11.6 Å². The van der Waals surface area contributed by atoms with Gasteiger partial charge in [0.1, 0.15) is 17.5 Å². The summed E-state index contributed by atoms with van der Waals surface area (Å²) in [4.78, 5) is 0. The highest BCUT2D eigenvalue weighted by Gasteiger charge is 2.23.